The summed E-state index contributed by atoms with van der Waals surface area (Å²) in [6, 6.07) is 8.50. The molecule has 3 rings (SSSR count). The molecule has 2 aromatic carbocycles. The summed E-state index contributed by atoms with van der Waals surface area (Å²) in [6.07, 6.45) is -0.373. The number of anilines is 1. The number of carboxylic acid groups (broad SMARTS) is 1. The van der Waals surface area contributed by atoms with Gasteiger partial charge in [0.1, 0.15) is 11.4 Å². The van der Waals surface area contributed by atoms with Crippen molar-refractivity contribution in [3.05, 3.63) is 63.9 Å². The van der Waals surface area contributed by atoms with Crippen molar-refractivity contribution in [1.29, 1.82) is 0 Å². The molecule has 9 nitrogen and oxygen atoms in total. The number of halogens is 2. The summed E-state index contributed by atoms with van der Waals surface area (Å²) in [6.45, 7) is 5.09. The molecule has 1 atom stereocenters. The van der Waals surface area contributed by atoms with Gasteiger partial charge in [0.25, 0.3) is 11.8 Å². The Labute approximate surface area is 224 Å². The monoisotopic (exact) mass is 548 g/mol. The fourth-order valence-corrected chi connectivity index (χ4v) is 4.41. The van der Waals surface area contributed by atoms with Crippen molar-refractivity contribution in [2.75, 3.05) is 11.4 Å². The number of ether oxygens (including phenoxy) is 1. The van der Waals surface area contributed by atoms with Crippen molar-refractivity contribution in [2.24, 2.45) is 0 Å². The third-order valence-electron chi connectivity index (χ3n) is 5.91. The number of nitrogens with one attached hydrogen (secondary N) is 1. The summed E-state index contributed by atoms with van der Waals surface area (Å²) >= 11 is 5.83. The van der Waals surface area contributed by atoms with Crippen LogP contribution in [0.4, 0.5) is 10.1 Å². The highest BCUT2D eigenvalue weighted by atomic mass is 35.5. The third-order valence-corrected chi connectivity index (χ3v) is 6.13. The Balaban J connectivity index is 1.77. The van der Waals surface area contributed by atoms with Crippen LogP contribution in [0.25, 0.3) is 0 Å². The average molecular weight is 549 g/mol. The highest BCUT2D eigenvalue weighted by Gasteiger charge is 2.51. The van der Waals surface area contributed by atoms with Gasteiger partial charge in [-0.15, -0.1) is 0 Å². The van der Waals surface area contributed by atoms with E-state index in [9.17, 15) is 28.7 Å². The number of aliphatic hydroxyl groups is 1. The third kappa shape index (κ3) is 7.29. The van der Waals surface area contributed by atoms with Gasteiger partial charge in [0, 0.05) is 36.6 Å². The minimum atomic E-state index is -2.34. The first-order chi connectivity index (χ1) is 17.7. The Hall–Kier alpha value is -3.50. The van der Waals surface area contributed by atoms with Crippen LogP contribution in [-0.2, 0) is 43.3 Å². The minimum absolute atomic E-state index is 0.0261. The molecule has 0 bridgehead atoms. The lowest BCUT2D eigenvalue weighted by atomic mass is 9.98. The molecular weight excluding hydrogens is 519 g/mol. The van der Waals surface area contributed by atoms with Gasteiger partial charge in [-0.05, 0) is 74.2 Å². The maximum absolute atomic E-state index is 13.6. The van der Waals surface area contributed by atoms with Crippen molar-refractivity contribution in [3.63, 3.8) is 0 Å². The van der Waals surface area contributed by atoms with E-state index < -0.39 is 40.8 Å². The van der Waals surface area contributed by atoms with E-state index in [0.29, 0.717) is 22.4 Å². The summed E-state index contributed by atoms with van der Waals surface area (Å²) in [5.41, 5.74) is -1.23. The van der Waals surface area contributed by atoms with Gasteiger partial charge in [0.15, 0.2) is 0 Å². The number of esters is 1. The highest BCUT2D eigenvalue weighted by molar-refractivity contribution is 6.30. The SMILES string of the molecule is CC(C)(C)OC(=O)Cc1ccc(N2CCC(O)(C(=O)NCc3cc(F)cc(Cl)c3)C2=O)cc1CCC(=O)O. The predicted molar refractivity (Wildman–Crippen MR) is 137 cm³/mol. The standard InChI is InChI=1S/C27H30ClFN2O7/c1-26(2,3)38-23(34)13-18-4-6-21(12-17(18)5-7-22(32)33)31-9-8-27(37,25(31)36)24(35)30-15-16-10-19(28)14-20(29)11-16/h4,6,10-12,14,37H,5,7-9,13,15H2,1-3H3,(H,30,35)(H,32,33). The second-order valence-corrected chi connectivity index (χ2v) is 10.6. The molecule has 204 valence electrons. The summed E-state index contributed by atoms with van der Waals surface area (Å²) < 4.78 is 18.9. The van der Waals surface area contributed by atoms with Gasteiger partial charge in [0.2, 0.25) is 5.60 Å². The van der Waals surface area contributed by atoms with E-state index in [1.165, 1.54) is 17.0 Å². The highest BCUT2D eigenvalue weighted by Crippen LogP contribution is 2.31. The van der Waals surface area contributed by atoms with Gasteiger partial charge in [-0.1, -0.05) is 17.7 Å². The van der Waals surface area contributed by atoms with E-state index >= 15 is 0 Å². The lowest BCUT2D eigenvalue weighted by Gasteiger charge is -2.23. The first-order valence-electron chi connectivity index (χ1n) is 12.0. The maximum Gasteiger partial charge on any atom is 0.310 e. The number of carbonyl (C=O) groups is 4. The number of nitrogens with zero attached hydrogens (tertiary/aromatic N) is 1. The summed E-state index contributed by atoms with van der Waals surface area (Å²) in [5, 5.41) is 22.7. The molecule has 2 aromatic rings. The molecule has 1 heterocycles. The summed E-state index contributed by atoms with van der Waals surface area (Å²) in [4.78, 5) is 50.7. The topological polar surface area (TPSA) is 133 Å². The molecule has 0 saturated carbocycles. The molecule has 0 aliphatic carbocycles. The van der Waals surface area contributed by atoms with E-state index in [1.54, 1.807) is 39.0 Å². The number of benzene rings is 2. The van der Waals surface area contributed by atoms with Crippen molar-refractivity contribution in [2.45, 2.75) is 64.2 Å². The first kappa shape index (κ1) is 29.1. The molecule has 2 amide bonds. The van der Waals surface area contributed by atoms with Gasteiger partial charge >= 0.3 is 11.9 Å². The average Bonchev–Trinajstić information content (AvgIpc) is 3.10. The first-order valence-corrected chi connectivity index (χ1v) is 12.4. The molecule has 3 N–H and O–H groups in total. The van der Waals surface area contributed by atoms with E-state index in [1.807, 2.05) is 0 Å². The van der Waals surface area contributed by atoms with Gasteiger partial charge in [-0.3, -0.25) is 19.2 Å². The second-order valence-electron chi connectivity index (χ2n) is 10.1. The second kappa shape index (κ2) is 11.5. The van der Waals surface area contributed by atoms with E-state index in [-0.39, 0.29) is 43.8 Å². The molecule has 1 fully saturated rings. The normalized spacial score (nSPS) is 17.4. The molecule has 11 heteroatoms. The van der Waals surface area contributed by atoms with Gasteiger partial charge < -0.3 is 25.2 Å². The van der Waals surface area contributed by atoms with Crippen LogP contribution >= 0.6 is 11.6 Å². The largest absolute Gasteiger partial charge is 0.481 e. The Bertz CT molecular complexity index is 1240. The molecule has 1 aliphatic rings. The Morgan fingerprint density at radius 2 is 1.87 bits per heavy atom. The Kier molecular flexibility index (Phi) is 8.79. The number of hydrogen-bond donors (Lipinski definition) is 3. The molecule has 1 aliphatic heterocycles. The van der Waals surface area contributed by atoms with Crippen LogP contribution in [0.5, 0.6) is 0 Å². The number of carboxylic acids is 1. The Morgan fingerprint density at radius 3 is 2.50 bits per heavy atom. The fraction of sp³-hybridized carbons (Fsp3) is 0.407. The molecule has 0 radical (unpaired) electrons. The summed E-state index contributed by atoms with van der Waals surface area (Å²) in [7, 11) is 0. The molecule has 1 saturated heterocycles. The van der Waals surface area contributed by atoms with Crippen LogP contribution in [0.2, 0.25) is 5.02 Å². The van der Waals surface area contributed by atoms with Crippen molar-refractivity contribution >= 4 is 41.0 Å². The van der Waals surface area contributed by atoms with Crippen molar-refractivity contribution in [1.82, 2.24) is 5.32 Å². The quantitative estimate of drug-likeness (QED) is 0.324. The van der Waals surface area contributed by atoms with Crippen LogP contribution in [0.15, 0.2) is 36.4 Å². The van der Waals surface area contributed by atoms with E-state index in [4.69, 9.17) is 21.4 Å². The van der Waals surface area contributed by atoms with Crippen LogP contribution in [-0.4, -0.2) is 51.7 Å². The lowest BCUT2D eigenvalue weighted by Crippen LogP contribution is -2.52. The van der Waals surface area contributed by atoms with Crippen molar-refractivity contribution in [3.8, 4) is 0 Å². The summed E-state index contributed by atoms with van der Waals surface area (Å²) in [5.74, 6) is -3.88. The van der Waals surface area contributed by atoms with E-state index in [2.05, 4.69) is 5.32 Å². The predicted octanol–water partition coefficient (Wildman–Crippen LogP) is 3.16. The Morgan fingerprint density at radius 1 is 1.16 bits per heavy atom. The maximum atomic E-state index is 13.6. The smallest absolute Gasteiger partial charge is 0.310 e. The van der Waals surface area contributed by atoms with Crippen LogP contribution in [0.1, 0.15) is 50.3 Å². The number of aliphatic carboxylic acids is 1. The van der Waals surface area contributed by atoms with Gasteiger partial charge in [-0.2, -0.15) is 0 Å². The molecule has 0 aromatic heterocycles. The molecular formula is C27H30ClFN2O7. The van der Waals surface area contributed by atoms with Crippen molar-refractivity contribution < 1.29 is 38.5 Å². The minimum Gasteiger partial charge on any atom is -0.481 e. The number of aryl methyl sites for hydroxylation is 1. The zero-order chi connectivity index (χ0) is 28.3. The molecule has 38 heavy (non-hydrogen) atoms. The number of carbonyl (C=O) groups excluding carboxylic acids is 3. The number of amides is 2. The van der Waals surface area contributed by atoms with Crippen LogP contribution in [0, 0.1) is 5.82 Å². The van der Waals surface area contributed by atoms with Gasteiger partial charge in [0.05, 0.1) is 6.42 Å². The zero-order valence-electron chi connectivity index (χ0n) is 21.3. The molecule has 0 spiro atoms. The molecule has 1 unspecified atom stereocenters. The van der Waals surface area contributed by atoms with E-state index in [0.717, 1.165) is 6.07 Å². The number of rotatable bonds is 9. The lowest BCUT2D eigenvalue weighted by molar-refractivity contribution is -0.154. The fourth-order valence-electron chi connectivity index (χ4n) is 4.16. The number of hydrogen-bond acceptors (Lipinski definition) is 6. The van der Waals surface area contributed by atoms with Crippen LogP contribution < -0.4 is 10.2 Å². The van der Waals surface area contributed by atoms with Gasteiger partial charge in [-0.25, -0.2) is 4.39 Å². The van der Waals surface area contributed by atoms with Crippen LogP contribution in [0.3, 0.4) is 0 Å². The zero-order valence-corrected chi connectivity index (χ0v) is 22.1.